The molecule has 1 fully saturated rings. The molecule has 8 rings (SSSR count). The molecule has 3 heterocycles. The Balaban J connectivity index is 1.30. The van der Waals surface area contributed by atoms with E-state index in [0.29, 0.717) is 47.1 Å². The van der Waals surface area contributed by atoms with Gasteiger partial charge in [-0.1, -0.05) is 42.3 Å². The van der Waals surface area contributed by atoms with Crippen LogP contribution in [0.25, 0.3) is 6.08 Å². The summed E-state index contributed by atoms with van der Waals surface area (Å²) in [5.41, 5.74) is 5.46. The van der Waals surface area contributed by atoms with Crippen molar-refractivity contribution in [3.8, 4) is 23.0 Å². The van der Waals surface area contributed by atoms with Crippen molar-refractivity contribution in [3.05, 3.63) is 147 Å². The lowest BCUT2D eigenvalue weighted by Gasteiger charge is -2.60. The van der Waals surface area contributed by atoms with Crippen LogP contribution < -0.4 is 18.9 Å². The molecule has 4 aliphatic rings. The molecule has 1 amide bonds. The lowest BCUT2D eigenvalue weighted by atomic mass is 9.55. The van der Waals surface area contributed by atoms with E-state index in [1.807, 2.05) is 55.5 Å². The van der Waals surface area contributed by atoms with E-state index in [1.54, 1.807) is 29.2 Å². The molecule has 0 radical (unpaired) electrons. The Kier molecular flexibility index (Phi) is 15.0. The lowest BCUT2D eigenvalue weighted by Crippen LogP contribution is -2.70. The maximum Gasteiger partial charge on any atom is 0.269 e. The van der Waals surface area contributed by atoms with Gasteiger partial charge >= 0.3 is 0 Å². The standard InChI is InChI=1S/C52H58N4O11/c1-4-26-66-52-48(55(31-36-16-21-46-47(27-36)65-33-64-46)49(59)23-17-35-14-18-39(19-15-35)56(60)61)30-44(54-62-3)42-28-37(11-5-7-24-57)41(13-6-8-25-58)50(51(42)52)43-29-40(20-22-45(43)67-52)63-32-38-12-9-10-34(2)53-38/h4,9-10,12,14-23,27-29,37,41,48,50-51,57-58H,1,5-8,11,13,24-26,30-33H2,2-3H3. The zero-order valence-corrected chi connectivity index (χ0v) is 38.0. The molecule has 2 N–H and O–H groups in total. The van der Waals surface area contributed by atoms with Gasteiger partial charge in [-0.15, -0.1) is 6.58 Å². The third-order valence-corrected chi connectivity index (χ3v) is 13.2. The molecule has 3 aromatic carbocycles. The van der Waals surface area contributed by atoms with E-state index < -0.39 is 22.7 Å². The quantitative estimate of drug-likeness (QED) is 0.0267. The number of benzene rings is 3. The maximum absolute atomic E-state index is 15.2. The normalized spacial score (nSPS) is 22.9. The molecule has 0 bridgehead atoms. The predicted octanol–water partition coefficient (Wildman–Crippen LogP) is 8.61. The van der Waals surface area contributed by atoms with Crippen molar-refractivity contribution in [3.63, 3.8) is 0 Å². The number of non-ortho nitro benzene ring substituents is 1. The van der Waals surface area contributed by atoms with Crippen molar-refractivity contribution in [1.82, 2.24) is 9.88 Å². The third kappa shape index (κ3) is 10.2. The van der Waals surface area contributed by atoms with Crippen molar-refractivity contribution in [1.29, 1.82) is 0 Å². The molecule has 0 saturated heterocycles. The third-order valence-electron chi connectivity index (χ3n) is 13.2. The number of nitro benzene ring substituents is 1. The van der Waals surface area contributed by atoms with Crippen LogP contribution in [0.1, 0.15) is 78.9 Å². The number of carbonyl (C=O) groups excluding carboxylic acids is 1. The first kappa shape index (κ1) is 47.0. The Morgan fingerprint density at radius 1 is 1.00 bits per heavy atom. The number of ether oxygens (including phenoxy) is 5. The molecule has 4 aromatic rings. The molecule has 1 saturated carbocycles. The number of hydrogen-bond donors (Lipinski definition) is 2. The number of unbranched alkanes of at least 4 members (excludes halogenated alkanes) is 2. The number of allylic oxidation sites excluding steroid dienone is 1. The van der Waals surface area contributed by atoms with Crippen LogP contribution in [0.15, 0.2) is 114 Å². The van der Waals surface area contributed by atoms with E-state index in [4.69, 9.17) is 33.7 Å². The summed E-state index contributed by atoms with van der Waals surface area (Å²) in [6.07, 6.45) is 11.7. The SMILES string of the molecule is C=CCOC12Oc3ccc(OCc4cccc(C)n4)cc3C3C(CCCCO)C(CCCCO)C=C(C(=NOC)CC1N(Cc1ccc4c(c1)OCO4)C(=O)C=Cc1ccc([N+](=O)[O-])cc1)C32. The van der Waals surface area contributed by atoms with E-state index in [-0.39, 0.29) is 75.5 Å². The van der Waals surface area contributed by atoms with Gasteiger partial charge in [-0.2, -0.15) is 0 Å². The van der Waals surface area contributed by atoms with E-state index in [1.165, 1.54) is 25.3 Å². The zero-order chi connectivity index (χ0) is 46.9. The summed E-state index contributed by atoms with van der Waals surface area (Å²) in [6, 6.07) is 22.4. The van der Waals surface area contributed by atoms with Crippen molar-refractivity contribution >= 4 is 23.4 Å². The highest BCUT2D eigenvalue weighted by atomic mass is 16.7. The fraction of sp³-hybridized carbons (Fsp3) is 0.404. The maximum atomic E-state index is 15.2. The molecule has 15 heteroatoms. The van der Waals surface area contributed by atoms with Gasteiger partial charge in [0, 0.05) is 61.6 Å². The highest BCUT2D eigenvalue weighted by Gasteiger charge is 2.65. The number of carbonyl (C=O) groups is 1. The van der Waals surface area contributed by atoms with Gasteiger partial charge in [0.15, 0.2) is 11.5 Å². The molecule has 67 heavy (non-hydrogen) atoms. The van der Waals surface area contributed by atoms with E-state index in [2.05, 4.69) is 23.7 Å². The number of pyridine rings is 1. The molecule has 2 aliphatic heterocycles. The number of rotatable bonds is 21. The van der Waals surface area contributed by atoms with Gasteiger partial charge in [0.25, 0.3) is 5.69 Å². The van der Waals surface area contributed by atoms with Gasteiger partial charge in [-0.05, 0) is 122 Å². The minimum atomic E-state index is -1.52. The zero-order valence-electron chi connectivity index (χ0n) is 38.0. The Morgan fingerprint density at radius 2 is 1.78 bits per heavy atom. The average Bonchev–Trinajstić information content (AvgIpc) is 3.81. The Hall–Kier alpha value is -6.55. The van der Waals surface area contributed by atoms with Gasteiger partial charge in [-0.3, -0.25) is 19.9 Å². The second-order valence-corrected chi connectivity index (χ2v) is 17.3. The second kappa shape index (κ2) is 21.4. The number of aryl methyl sites for hydroxylation is 1. The van der Waals surface area contributed by atoms with Crippen molar-refractivity contribution in [2.45, 2.75) is 82.8 Å². The van der Waals surface area contributed by atoms with Crippen molar-refractivity contribution in [2.75, 3.05) is 33.7 Å². The molecule has 15 nitrogen and oxygen atoms in total. The van der Waals surface area contributed by atoms with Crippen molar-refractivity contribution < 1.29 is 48.5 Å². The fourth-order valence-electron chi connectivity index (χ4n) is 10.2. The van der Waals surface area contributed by atoms with E-state index >= 15 is 4.79 Å². The topological polar surface area (TPSA) is 185 Å². The summed E-state index contributed by atoms with van der Waals surface area (Å²) in [5.74, 6) is -0.267. The molecule has 6 atom stereocenters. The van der Waals surface area contributed by atoms with Crippen LogP contribution in [0.5, 0.6) is 23.0 Å². The van der Waals surface area contributed by atoms with Crippen molar-refractivity contribution in [2.24, 2.45) is 22.9 Å². The first-order chi connectivity index (χ1) is 32.7. The number of oxime groups is 1. The number of nitro groups is 1. The van der Waals surface area contributed by atoms with Crippen LogP contribution in [0.2, 0.25) is 0 Å². The Morgan fingerprint density at radius 3 is 2.52 bits per heavy atom. The predicted molar refractivity (Wildman–Crippen MR) is 251 cm³/mol. The molecule has 352 valence electrons. The van der Waals surface area contributed by atoms with Crippen LogP contribution in [-0.4, -0.2) is 82.2 Å². The van der Waals surface area contributed by atoms with Gasteiger partial charge in [0.1, 0.15) is 31.3 Å². The van der Waals surface area contributed by atoms with E-state index in [0.717, 1.165) is 53.8 Å². The number of aliphatic hydroxyl groups is 2. The number of fused-ring (bicyclic) bond motifs is 3. The van der Waals surface area contributed by atoms with Crippen LogP contribution in [0, 0.1) is 34.8 Å². The minimum absolute atomic E-state index is 0.00429. The molecule has 2 aliphatic carbocycles. The number of aromatic nitrogens is 1. The second-order valence-electron chi connectivity index (χ2n) is 17.3. The molecule has 1 aromatic heterocycles. The van der Waals surface area contributed by atoms with E-state index in [9.17, 15) is 20.3 Å². The largest absolute Gasteiger partial charge is 0.487 e. The Bertz CT molecular complexity index is 2510. The first-order valence-electron chi connectivity index (χ1n) is 22.9. The molecular formula is C52H58N4O11. The summed E-state index contributed by atoms with van der Waals surface area (Å²) < 4.78 is 32.4. The summed E-state index contributed by atoms with van der Waals surface area (Å²) in [6.45, 7) is 6.66. The lowest BCUT2D eigenvalue weighted by molar-refractivity contribution is -0.384. The Labute approximate surface area is 390 Å². The average molecular weight is 915 g/mol. The fourth-order valence-corrected chi connectivity index (χ4v) is 10.2. The van der Waals surface area contributed by atoms with Gasteiger partial charge in [-0.25, -0.2) is 0 Å². The molecule has 6 unspecified atom stereocenters. The van der Waals surface area contributed by atoms with Crippen LogP contribution in [0.3, 0.4) is 0 Å². The minimum Gasteiger partial charge on any atom is -0.487 e. The number of hydrogen-bond acceptors (Lipinski definition) is 13. The smallest absolute Gasteiger partial charge is 0.269 e. The number of nitrogens with zero attached hydrogens (tertiary/aromatic N) is 4. The van der Waals surface area contributed by atoms with Crippen LogP contribution in [-0.2, 0) is 27.5 Å². The summed E-state index contributed by atoms with van der Waals surface area (Å²) in [7, 11) is 1.51. The summed E-state index contributed by atoms with van der Waals surface area (Å²) in [5, 5.41) is 36.1. The first-order valence-corrected chi connectivity index (χ1v) is 22.9. The van der Waals surface area contributed by atoms with Gasteiger partial charge in [0.2, 0.25) is 18.5 Å². The highest BCUT2D eigenvalue weighted by molar-refractivity contribution is 6.03. The molecule has 0 spiro atoms. The number of aliphatic hydroxyl groups excluding tert-OH is 2. The summed E-state index contributed by atoms with van der Waals surface area (Å²) in [4.78, 5) is 38.2. The number of amides is 1. The van der Waals surface area contributed by atoms with Crippen LogP contribution >= 0.6 is 0 Å². The highest BCUT2D eigenvalue weighted by Crippen LogP contribution is 2.62. The molecular weight excluding hydrogens is 857 g/mol. The van der Waals surface area contributed by atoms with Crippen LogP contribution in [0.4, 0.5) is 5.69 Å². The monoisotopic (exact) mass is 914 g/mol. The summed E-state index contributed by atoms with van der Waals surface area (Å²) >= 11 is 0. The van der Waals surface area contributed by atoms with Gasteiger partial charge < -0.3 is 43.6 Å². The van der Waals surface area contributed by atoms with Gasteiger partial charge in [0.05, 0.1) is 28.9 Å².